The van der Waals surface area contributed by atoms with Crippen LogP contribution in [0.3, 0.4) is 0 Å². The number of halogens is 4. The highest BCUT2D eigenvalue weighted by molar-refractivity contribution is 6.42. The third kappa shape index (κ3) is 4.75. The Bertz CT molecular complexity index is 1370. The summed E-state index contributed by atoms with van der Waals surface area (Å²) in [4.78, 5) is 14.0. The van der Waals surface area contributed by atoms with E-state index in [2.05, 4.69) is 15.5 Å². The average molecular weight is 524 g/mol. The predicted octanol–water partition coefficient (Wildman–Crippen LogP) is 6.98. The minimum Gasteiger partial charge on any atom is -0.481 e. The van der Waals surface area contributed by atoms with Crippen LogP contribution in [-0.2, 0) is 4.79 Å². The Kier molecular flexibility index (Phi) is 6.73. The van der Waals surface area contributed by atoms with Gasteiger partial charge >= 0.3 is 0 Å². The van der Waals surface area contributed by atoms with Crippen LogP contribution in [0, 0.1) is 20.8 Å². The first-order valence-electron chi connectivity index (χ1n) is 9.85. The fourth-order valence-electron chi connectivity index (χ4n) is 3.19. The topological polar surface area (TPSA) is 69.0 Å². The van der Waals surface area contributed by atoms with Crippen molar-refractivity contribution >= 4 is 69.0 Å². The quantitative estimate of drug-likeness (QED) is 0.306. The Labute approximate surface area is 210 Å². The van der Waals surface area contributed by atoms with Gasteiger partial charge in [-0.1, -0.05) is 52.5 Å². The number of aryl methyl sites for hydroxylation is 1. The molecule has 1 aromatic heterocycles. The lowest BCUT2D eigenvalue weighted by Crippen LogP contribution is -2.20. The fraction of sp³-hybridized carbons (Fsp3) is 0.174. The summed E-state index contributed by atoms with van der Waals surface area (Å²) < 4.78 is 5.61. The number of benzene rings is 3. The van der Waals surface area contributed by atoms with Crippen molar-refractivity contribution in [1.82, 2.24) is 15.0 Å². The Morgan fingerprint density at radius 1 is 0.909 bits per heavy atom. The molecule has 0 saturated carbocycles. The molecule has 1 amide bonds. The van der Waals surface area contributed by atoms with Gasteiger partial charge in [0.1, 0.15) is 11.0 Å². The molecule has 170 valence electrons. The first kappa shape index (κ1) is 23.6. The maximum Gasteiger partial charge on any atom is 0.262 e. The second-order valence-electron chi connectivity index (χ2n) is 7.48. The highest BCUT2D eigenvalue weighted by atomic mass is 35.5. The van der Waals surface area contributed by atoms with Crippen molar-refractivity contribution in [2.45, 2.75) is 20.8 Å². The van der Waals surface area contributed by atoms with E-state index in [0.717, 1.165) is 11.3 Å². The number of rotatable bonds is 5. The van der Waals surface area contributed by atoms with Gasteiger partial charge in [0.05, 0.1) is 15.7 Å². The number of amides is 1. The maximum atomic E-state index is 12.5. The first-order valence-corrected chi connectivity index (χ1v) is 11.4. The zero-order valence-electron chi connectivity index (χ0n) is 17.8. The smallest absolute Gasteiger partial charge is 0.262 e. The van der Waals surface area contributed by atoms with Crippen molar-refractivity contribution < 1.29 is 9.53 Å². The molecule has 10 heteroatoms. The van der Waals surface area contributed by atoms with Gasteiger partial charge in [-0.3, -0.25) is 4.79 Å². The van der Waals surface area contributed by atoms with Gasteiger partial charge in [0, 0.05) is 15.7 Å². The largest absolute Gasteiger partial charge is 0.481 e. The van der Waals surface area contributed by atoms with Gasteiger partial charge in [-0.25, -0.2) is 0 Å². The summed E-state index contributed by atoms with van der Waals surface area (Å²) in [5.41, 5.74) is 4.81. The minimum absolute atomic E-state index is 0.225. The molecule has 0 spiro atoms. The van der Waals surface area contributed by atoms with Gasteiger partial charge in [-0.2, -0.15) is 4.80 Å². The van der Waals surface area contributed by atoms with Gasteiger partial charge in [0.15, 0.2) is 12.4 Å². The van der Waals surface area contributed by atoms with Crippen molar-refractivity contribution in [2.75, 3.05) is 11.9 Å². The molecule has 0 fully saturated rings. The van der Waals surface area contributed by atoms with E-state index in [1.54, 1.807) is 38.1 Å². The van der Waals surface area contributed by atoms with Gasteiger partial charge in [-0.15, -0.1) is 10.2 Å². The van der Waals surface area contributed by atoms with Crippen LogP contribution in [0.25, 0.3) is 16.7 Å². The van der Waals surface area contributed by atoms with Crippen molar-refractivity contribution in [2.24, 2.45) is 0 Å². The highest BCUT2D eigenvalue weighted by Gasteiger charge is 2.19. The predicted molar refractivity (Wildman–Crippen MR) is 134 cm³/mol. The van der Waals surface area contributed by atoms with Crippen LogP contribution >= 0.6 is 46.4 Å². The zero-order valence-corrected chi connectivity index (χ0v) is 20.9. The van der Waals surface area contributed by atoms with Crippen LogP contribution in [0.15, 0.2) is 36.4 Å². The SMILES string of the molecule is Cc1ccc(-n2nc3ccc(NC(=O)COc4c(Cl)c(C)c(Cl)c(C)c4Cl)cc3n2)cc1Cl. The average Bonchev–Trinajstić information content (AvgIpc) is 3.21. The first-order chi connectivity index (χ1) is 15.7. The zero-order chi connectivity index (χ0) is 23.9. The number of nitrogens with one attached hydrogen (secondary N) is 1. The molecule has 0 radical (unpaired) electrons. The number of anilines is 1. The van der Waals surface area contributed by atoms with Crippen LogP contribution in [0.2, 0.25) is 20.1 Å². The monoisotopic (exact) mass is 522 g/mol. The third-order valence-corrected chi connectivity index (χ3v) is 7.00. The van der Waals surface area contributed by atoms with Gasteiger partial charge in [-0.05, 0) is 67.8 Å². The molecule has 6 nitrogen and oxygen atoms in total. The van der Waals surface area contributed by atoms with E-state index in [4.69, 9.17) is 51.1 Å². The summed E-state index contributed by atoms with van der Waals surface area (Å²) in [5.74, 6) is -0.160. The highest BCUT2D eigenvalue weighted by Crippen LogP contribution is 2.42. The number of ether oxygens (including phenoxy) is 1. The number of fused-ring (bicyclic) bond motifs is 1. The Hall–Kier alpha value is -2.51. The molecule has 0 aliphatic rings. The Balaban J connectivity index is 1.49. The molecular formula is C23H18Cl4N4O2. The molecule has 4 rings (SSSR count). The van der Waals surface area contributed by atoms with Crippen molar-refractivity contribution in [1.29, 1.82) is 0 Å². The number of carbonyl (C=O) groups excluding carboxylic acids is 1. The number of hydrogen-bond donors (Lipinski definition) is 1. The third-order valence-electron chi connectivity index (χ3n) is 5.11. The van der Waals surface area contributed by atoms with E-state index in [9.17, 15) is 4.79 Å². The summed E-state index contributed by atoms with van der Waals surface area (Å²) >= 11 is 25.0. The summed E-state index contributed by atoms with van der Waals surface area (Å²) in [6.45, 7) is 5.16. The maximum absolute atomic E-state index is 12.5. The summed E-state index contributed by atoms with van der Waals surface area (Å²) in [6, 6.07) is 10.8. The van der Waals surface area contributed by atoms with Crippen LogP contribution in [0.1, 0.15) is 16.7 Å². The van der Waals surface area contributed by atoms with Crippen molar-refractivity contribution in [3.05, 3.63) is 73.2 Å². The Morgan fingerprint density at radius 2 is 1.58 bits per heavy atom. The van der Waals surface area contributed by atoms with E-state index in [0.29, 0.717) is 37.9 Å². The van der Waals surface area contributed by atoms with Crippen LogP contribution in [0.4, 0.5) is 5.69 Å². The lowest BCUT2D eigenvalue weighted by atomic mass is 10.1. The molecule has 33 heavy (non-hydrogen) atoms. The van der Waals surface area contributed by atoms with Gasteiger partial charge in [0.2, 0.25) is 0 Å². The lowest BCUT2D eigenvalue weighted by Gasteiger charge is -2.15. The summed E-state index contributed by atoms with van der Waals surface area (Å²) in [5, 5.41) is 13.4. The van der Waals surface area contributed by atoms with Crippen molar-refractivity contribution in [3.8, 4) is 11.4 Å². The minimum atomic E-state index is -0.385. The molecule has 4 aromatic rings. The van der Waals surface area contributed by atoms with E-state index >= 15 is 0 Å². The Morgan fingerprint density at radius 3 is 2.24 bits per heavy atom. The fourth-order valence-corrected chi connectivity index (χ4v) is 4.18. The summed E-state index contributed by atoms with van der Waals surface area (Å²) in [6.07, 6.45) is 0. The molecule has 0 unspecified atom stereocenters. The number of carbonyl (C=O) groups is 1. The molecule has 0 saturated heterocycles. The second-order valence-corrected chi connectivity index (χ2v) is 9.03. The van der Waals surface area contributed by atoms with Crippen molar-refractivity contribution in [3.63, 3.8) is 0 Å². The number of hydrogen-bond acceptors (Lipinski definition) is 4. The van der Waals surface area contributed by atoms with Gasteiger partial charge < -0.3 is 10.1 Å². The second kappa shape index (κ2) is 9.39. The van der Waals surface area contributed by atoms with Gasteiger partial charge in [0.25, 0.3) is 5.91 Å². The summed E-state index contributed by atoms with van der Waals surface area (Å²) in [7, 11) is 0. The number of aromatic nitrogens is 3. The standard InChI is InChI=1S/C23H18Cl4N4O2/c1-11-4-6-15(9-16(11)24)31-29-17-7-5-14(8-18(17)30-31)28-19(32)10-33-23-21(26)12(2)20(25)13(3)22(23)27/h4-9H,10H2,1-3H3,(H,28,32). The molecule has 3 aromatic carbocycles. The van der Waals surface area contributed by atoms with Crippen LogP contribution in [0.5, 0.6) is 5.75 Å². The van der Waals surface area contributed by atoms with Crippen LogP contribution in [-0.4, -0.2) is 27.5 Å². The van der Waals surface area contributed by atoms with E-state index in [-0.39, 0.29) is 28.3 Å². The van der Waals surface area contributed by atoms with E-state index < -0.39 is 0 Å². The molecule has 1 N–H and O–H groups in total. The molecule has 0 aliphatic carbocycles. The number of nitrogens with zero attached hydrogens (tertiary/aromatic N) is 3. The van der Waals surface area contributed by atoms with E-state index in [1.807, 2.05) is 19.1 Å². The normalized spacial score (nSPS) is 11.1. The van der Waals surface area contributed by atoms with E-state index in [1.165, 1.54) is 4.80 Å². The molecule has 0 atom stereocenters. The molecule has 0 aliphatic heterocycles. The van der Waals surface area contributed by atoms with Crippen LogP contribution < -0.4 is 10.1 Å². The lowest BCUT2D eigenvalue weighted by molar-refractivity contribution is -0.118. The molecule has 1 heterocycles. The molecular weight excluding hydrogens is 506 g/mol. The molecule has 0 bridgehead atoms.